The van der Waals surface area contributed by atoms with E-state index in [1.54, 1.807) is 0 Å². The second-order valence-electron chi connectivity index (χ2n) is 5.91. The Morgan fingerprint density at radius 1 is 1.16 bits per heavy atom. The number of nitrogens with two attached hydrogens (primary N) is 1. The third kappa shape index (κ3) is 3.16. The SMILES string of the molecule is N[C@@H]1CN(Cc2ccccc2)C[C@@H]1[C@H]1CCCCO1. The Balaban J connectivity index is 1.58. The smallest absolute Gasteiger partial charge is 0.0630 e. The lowest BCUT2D eigenvalue weighted by atomic mass is 9.92. The van der Waals surface area contributed by atoms with Crippen LogP contribution >= 0.6 is 0 Å². The van der Waals surface area contributed by atoms with Crippen LogP contribution in [0.3, 0.4) is 0 Å². The fourth-order valence-corrected chi connectivity index (χ4v) is 3.41. The Bertz CT molecular complexity index is 389. The van der Waals surface area contributed by atoms with Crippen molar-refractivity contribution in [3.8, 4) is 0 Å². The first-order valence-corrected chi connectivity index (χ1v) is 7.46. The first-order valence-electron chi connectivity index (χ1n) is 7.46. The van der Waals surface area contributed by atoms with Gasteiger partial charge in [-0.25, -0.2) is 0 Å². The van der Waals surface area contributed by atoms with Crippen molar-refractivity contribution in [2.75, 3.05) is 19.7 Å². The molecule has 0 unspecified atom stereocenters. The molecule has 0 radical (unpaired) electrons. The van der Waals surface area contributed by atoms with Crippen LogP contribution in [0.5, 0.6) is 0 Å². The summed E-state index contributed by atoms with van der Waals surface area (Å²) in [6.07, 6.45) is 4.10. The lowest BCUT2D eigenvalue weighted by Gasteiger charge is -2.29. The monoisotopic (exact) mass is 260 g/mol. The number of ether oxygens (including phenoxy) is 1. The van der Waals surface area contributed by atoms with Gasteiger partial charge in [-0.15, -0.1) is 0 Å². The molecule has 0 saturated carbocycles. The molecular formula is C16H24N2O. The van der Waals surface area contributed by atoms with Crippen LogP contribution in [-0.2, 0) is 11.3 Å². The van der Waals surface area contributed by atoms with Crippen LogP contribution < -0.4 is 5.73 Å². The van der Waals surface area contributed by atoms with Crippen LogP contribution in [0.4, 0.5) is 0 Å². The highest BCUT2D eigenvalue weighted by molar-refractivity contribution is 5.15. The highest BCUT2D eigenvalue weighted by Gasteiger charge is 2.36. The number of benzene rings is 1. The van der Waals surface area contributed by atoms with Gasteiger partial charge in [0, 0.05) is 38.2 Å². The summed E-state index contributed by atoms with van der Waals surface area (Å²) >= 11 is 0. The minimum atomic E-state index is 0.270. The molecule has 2 N–H and O–H groups in total. The average Bonchev–Trinajstić information content (AvgIpc) is 2.82. The predicted octanol–water partition coefficient (Wildman–Crippen LogP) is 2.01. The van der Waals surface area contributed by atoms with Crippen LogP contribution in [0, 0.1) is 5.92 Å². The van der Waals surface area contributed by atoms with Gasteiger partial charge in [-0.05, 0) is 24.8 Å². The van der Waals surface area contributed by atoms with E-state index in [-0.39, 0.29) is 6.04 Å². The highest BCUT2D eigenvalue weighted by atomic mass is 16.5. The number of hydrogen-bond donors (Lipinski definition) is 1. The second-order valence-corrected chi connectivity index (χ2v) is 5.91. The molecule has 3 rings (SSSR count). The molecule has 0 aliphatic carbocycles. The van der Waals surface area contributed by atoms with Gasteiger partial charge in [0.05, 0.1) is 6.10 Å². The standard InChI is InChI=1S/C16H24N2O/c17-15-12-18(10-13-6-2-1-3-7-13)11-14(15)16-8-4-5-9-19-16/h1-3,6-7,14-16H,4-5,8-12,17H2/t14-,15+,16+/m0/s1. The highest BCUT2D eigenvalue weighted by Crippen LogP contribution is 2.28. The predicted molar refractivity (Wildman–Crippen MR) is 76.8 cm³/mol. The van der Waals surface area contributed by atoms with Crippen molar-refractivity contribution in [2.45, 2.75) is 38.0 Å². The maximum Gasteiger partial charge on any atom is 0.0630 e. The summed E-state index contributed by atoms with van der Waals surface area (Å²) in [5.74, 6) is 0.518. The zero-order valence-electron chi connectivity index (χ0n) is 11.5. The minimum Gasteiger partial charge on any atom is -0.378 e. The number of likely N-dealkylation sites (tertiary alicyclic amines) is 1. The van der Waals surface area contributed by atoms with Crippen LogP contribution in [0.2, 0.25) is 0 Å². The van der Waals surface area contributed by atoms with E-state index >= 15 is 0 Å². The topological polar surface area (TPSA) is 38.5 Å². The minimum absolute atomic E-state index is 0.270. The first-order chi connectivity index (χ1) is 9.33. The van der Waals surface area contributed by atoms with E-state index in [1.807, 2.05) is 0 Å². The van der Waals surface area contributed by atoms with E-state index in [2.05, 4.69) is 35.2 Å². The molecule has 1 aromatic rings. The third-order valence-corrected chi connectivity index (χ3v) is 4.43. The average molecular weight is 260 g/mol. The summed E-state index contributed by atoms with van der Waals surface area (Å²) in [4.78, 5) is 2.47. The van der Waals surface area contributed by atoms with Crippen molar-refractivity contribution in [1.82, 2.24) is 4.90 Å². The quantitative estimate of drug-likeness (QED) is 0.903. The molecule has 1 aromatic carbocycles. The van der Waals surface area contributed by atoms with E-state index in [0.29, 0.717) is 12.0 Å². The van der Waals surface area contributed by atoms with E-state index in [1.165, 1.54) is 24.8 Å². The molecule has 0 spiro atoms. The van der Waals surface area contributed by atoms with Crippen molar-refractivity contribution >= 4 is 0 Å². The summed E-state index contributed by atoms with van der Waals surface area (Å²) in [6.45, 7) is 4.02. The van der Waals surface area contributed by atoms with Gasteiger partial charge in [-0.3, -0.25) is 4.90 Å². The maximum atomic E-state index is 6.33. The number of nitrogens with zero attached hydrogens (tertiary/aromatic N) is 1. The lowest BCUT2D eigenvalue weighted by molar-refractivity contribution is -0.0214. The summed E-state index contributed by atoms with van der Waals surface area (Å²) < 4.78 is 5.92. The van der Waals surface area contributed by atoms with Gasteiger partial charge < -0.3 is 10.5 Å². The van der Waals surface area contributed by atoms with Gasteiger partial charge in [-0.1, -0.05) is 30.3 Å². The molecule has 2 heterocycles. The molecular weight excluding hydrogens is 236 g/mol. The fraction of sp³-hybridized carbons (Fsp3) is 0.625. The van der Waals surface area contributed by atoms with Crippen LogP contribution in [0.25, 0.3) is 0 Å². The van der Waals surface area contributed by atoms with Crippen molar-refractivity contribution in [3.63, 3.8) is 0 Å². The van der Waals surface area contributed by atoms with E-state index < -0.39 is 0 Å². The Labute approximate surface area is 115 Å². The maximum absolute atomic E-state index is 6.33. The second kappa shape index (κ2) is 6.04. The van der Waals surface area contributed by atoms with E-state index in [4.69, 9.17) is 10.5 Å². The Kier molecular flexibility index (Phi) is 4.16. The van der Waals surface area contributed by atoms with Gasteiger partial charge >= 0.3 is 0 Å². The van der Waals surface area contributed by atoms with Gasteiger partial charge in [0.2, 0.25) is 0 Å². The number of rotatable bonds is 3. The van der Waals surface area contributed by atoms with Gasteiger partial charge in [0.15, 0.2) is 0 Å². The summed E-state index contributed by atoms with van der Waals surface area (Å²) in [6, 6.07) is 10.9. The largest absolute Gasteiger partial charge is 0.378 e. The van der Waals surface area contributed by atoms with Gasteiger partial charge in [-0.2, -0.15) is 0 Å². The van der Waals surface area contributed by atoms with E-state index in [0.717, 1.165) is 26.2 Å². The molecule has 0 bridgehead atoms. The summed E-state index contributed by atoms with van der Waals surface area (Å²) in [5, 5.41) is 0. The Hall–Kier alpha value is -0.900. The van der Waals surface area contributed by atoms with E-state index in [9.17, 15) is 0 Å². The first kappa shape index (κ1) is 13.1. The Morgan fingerprint density at radius 2 is 2.00 bits per heavy atom. The summed E-state index contributed by atoms with van der Waals surface area (Å²) in [5.41, 5.74) is 7.71. The number of hydrogen-bond acceptors (Lipinski definition) is 3. The van der Waals surface area contributed by atoms with Gasteiger partial charge in [0.1, 0.15) is 0 Å². The Morgan fingerprint density at radius 3 is 2.74 bits per heavy atom. The molecule has 3 nitrogen and oxygen atoms in total. The molecule has 0 amide bonds. The molecule has 0 aromatic heterocycles. The molecule has 2 aliphatic rings. The van der Waals surface area contributed by atoms with Crippen molar-refractivity contribution in [3.05, 3.63) is 35.9 Å². The normalized spacial score (nSPS) is 32.6. The van der Waals surface area contributed by atoms with Gasteiger partial charge in [0.25, 0.3) is 0 Å². The fourth-order valence-electron chi connectivity index (χ4n) is 3.41. The molecule has 2 aliphatic heterocycles. The molecule has 2 fully saturated rings. The molecule has 2 saturated heterocycles. The molecule has 104 valence electrons. The lowest BCUT2D eigenvalue weighted by Crippen LogP contribution is -2.39. The van der Waals surface area contributed by atoms with Crippen LogP contribution in [-0.4, -0.2) is 36.7 Å². The van der Waals surface area contributed by atoms with Crippen molar-refractivity contribution in [2.24, 2.45) is 11.7 Å². The summed E-state index contributed by atoms with van der Waals surface area (Å²) in [7, 11) is 0. The van der Waals surface area contributed by atoms with Crippen LogP contribution in [0.1, 0.15) is 24.8 Å². The van der Waals surface area contributed by atoms with Crippen molar-refractivity contribution in [1.29, 1.82) is 0 Å². The third-order valence-electron chi connectivity index (χ3n) is 4.43. The zero-order chi connectivity index (χ0) is 13.1. The zero-order valence-corrected chi connectivity index (χ0v) is 11.5. The molecule has 19 heavy (non-hydrogen) atoms. The van der Waals surface area contributed by atoms with Crippen LogP contribution in [0.15, 0.2) is 30.3 Å². The van der Waals surface area contributed by atoms with Crippen molar-refractivity contribution < 1.29 is 4.74 Å². The molecule has 3 heteroatoms. The molecule has 3 atom stereocenters.